The number of benzene rings is 2. The molecule has 0 saturated carbocycles. The van der Waals surface area contributed by atoms with Gasteiger partial charge >= 0.3 is 0 Å². The van der Waals surface area contributed by atoms with Gasteiger partial charge in [0.05, 0.1) is 4.90 Å². The first-order chi connectivity index (χ1) is 13.8. The second-order valence-corrected chi connectivity index (χ2v) is 9.50. The van der Waals surface area contributed by atoms with Crippen LogP contribution in [-0.4, -0.2) is 56.3 Å². The molecule has 1 saturated heterocycles. The molecule has 2 aromatic rings. The van der Waals surface area contributed by atoms with Crippen molar-refractivity contribution < 1.29 is 17.9 Å². The Labute approximate surface area is 173 Å². The Hall–Kier alpha value is -2.38. The molecule has 0 radical (unpaired) electrons. The summed E-state index contributed by atoms with van der Waals surface area (Å²) < 4.78 is 32.9. The number of para-hydroxylation sites is 1. The Bertz CT molecular complexity index is 947. The normalized spacial score (nSPS) is 15.5. The van der Waals surface area contributed by atoms with Crippen molar-refractivity contribution in [1.29, 1.82) is 0 Å². The number of hydrogen-bond acceptors (Lipinski definition) is 4. The molecule has 1 aliphatic rings. The van der Waals surface area contributed by atoms with Gasteiger partial charge in [-0.2, -0.15) is 4.31 Å². The van der Waals surface area contributed by atoms with E-state index in [2.05, 4.69) is 13.8 Å². The maximum Gasteiger partial charge on any atom is 0.260 e. The van der Waals surface area contributed by atoms with Crippen molar-refractivity contribution in [2.75, 3.05) is 32.8 Å². The molecule has 1 heterocycles. The van der Waals surface area contributed by atoms with Gasteiger partial charge in [-0.25, -0.2) is 8.42 Å². The second-order valence-electron chi connectivity index (χ2n) is 7.56. The third kappa shape index (κ3) is 4.97. The van der Waals surface area contributed by atoms with Crippen LogP contribution in [0.1, 0.15) is 30.9 Å². The third-order valence-corrected chi connectivity index (χ3v) is 7.13. The predicted molar refractivity (Wildman–Crippen MR) is 113 cm³/mol. The molecule has 0 bridgehead atoms. The zero-order valence-corrected chi connectivity index (χ0v) is 18.0. The Morgan fingerprint density at radius 3 is 2.21 bits per heavy atom. The molecule has 0 unspecified atom stereocenters. The first-order valence-corrected chi connectivity index (χ1v) is 11.3. The van der Waals surface area contributed by atoms with E-state index in [4.69, 9.17) is 4.74 Å². The molecule has 156 valence electrons. The first kappa shape index (κ1) is 21.3. The highest BCUT2D eigenvalue weighted by Gasteiger charge is 2.30. The molecule has 0 atom stereocenters. The minimum Gasteiger partial charge on any atom is -0.484 e. The molecule has 1 amide bonds. The summed E-state index contributed by atoms with van der Waals surface area (Å²) >= 11 is 0. The van der Waals surface area contributed by atoms with E-state index in [9.17, 15) is 13.2 Å². The molecular weight excluding hydrogens is 388 g/mol. The van der Waals surface area contributed by atoms with Gasteiger partial charge in [-0.3, -0.25) is 4.79 Å². The molecule has 0 N–H and O–H groups in total. The van der Waals surface area contributed by atoms with Crippen LogP contribution in [0.5, 0.6) is 5.75 Å². The van der Waals surface area contributed by atoms with Crippen molar-refractivity contribution in [3.63, 3.8) is 0 Å². The van der Waals surface area contributed by atoms with Crippen LogP contribution in [0.3, 0.4) is 0 Å². The molecule has 0 spiro atoms. The van der Waals surface area contributed by atoms with Crippen molar-refractivity contribution >= 4 is 15.9 Å². The number of hydrogen-bond donors (Lipinski definition) is 0. The fraction of sp³-hybridized carbons (Fsp3) is 0.409. The summed E-state index contributed by atoms with van der Waals surface area (Å²) in [4.78, 5) is 14.4. The number of aryl methyl sites for hydroxylation is 1. The predicted octanol–water partition coefficient (Wildman–Crippen LogP) is 3.03. The topological polar surface area (TPSA) is 66.9 Å². The summed E-state index contributed by atoms with van der Waals surface area (Å²) in [5.74, 6) is 0.904. The van der Waals surface area contributed by atoms with Crippen LogP contribution in [0, 0.1) is 6.92 Å². The summed E-state index contributed by atoms with van der Waals surface area (Å²) in [6.07, 6.45) is 0. The van der Waals surface area contributed by atoms with Gasteiger partial charge in [-0.15, -0.1) is 0 Å². The van der Waals surface area contributed by atoms with Crippen molar-refractivity contribution in [2.24, 2.45) is 0 Å². The summed E-state index contributed by atoms with van der Waals surface area (Å²) in [6.45, 7) is 7.31. The lowest BCUT2D eigenvalue weighted by Crippen LogP contribution is -2.51. The number of carbonyl (C=O) groups is 1. The van der Waals surface area contributed by atoms with E-state index >= 15 is 0 Å². The van der Waals surface area contributed by atoms with Gasteiger partial charge in [0, 0.05) is 26.2 Å². The van der Waals surface area contributed by atoms with Gasteiger partial charge in [-0.1, -0.05) is 44.2 Å². The Morgan fingerprint density at radius 1 is 1.00 bits per heavy atom. The zero-order chi connectivity index (χ0) is 21.0. The number of amides is 1. The van der Waals surface area contributed by atoms with E-state index in [1.165, 1.54) is 4.31 Å². The van der Waals surface area contributed by atoms with Crippen molar-refractivity contribution in [2.45, 2.75) is 31.6 Å². The number of ether oxygens (including phenoxy) is 1. The van der Waals surface area contributed by atoms with Gasteiger partial charge in [0.1, 0.15) is 5.75 Å². The van der Waals surface area contributed by atoms with Crippen LogP contribution in [0.15, 0.2) is 53.4 Å². The molecule has 1 fully saturated rings. The van der Waals surface area contributed by atoms with Gasteiger partial charge < -0.3 is 9.64 Å². The molecule has 7 heteroatoms. The van der Waals surface area contributed by atoms with Crippen molar-refractivity contribution in [3.8, 4) is 5.75 Å². The Morgan fingerprint density at radius 2 is 1.62 bits per heavy atom. The van der Waals surface area contributed by atoms with Gasteiger partial charge in [0.15, 0.2) is 6.61 Å². The molecule has 3 rings (SSSR count). The summed E-state index contributed by atoms with van der Waals surface area (Å²) in [5, 5.41) is 0. The number of carbonyl (C=O) groups excluding carboxylic acids is 1. The van der Waals surface area contributed by atoms with Gasteiger partial charge in [-0.05, 0) is 42.2 Å². The third-order valence-electron chi connectivity index (χ3n) is 5.22. The van der Waals surface area contributed by atoms with Crippen LogP contribution >= 0.6 is 0 Å². The maximum absolute atomic E-state index is 12.9. The smallest absolute Gasteiger partial charge is 0.260 e. The summed E-state index contributed by atoms with van der Waals surface area (Å²) in [7, 11) is -3.55. The van der Waals surface area contributed by atoms with Gasteiger partial charge in [0.25, 0.3) is 5.91 Å². The highest BCUT2D eigenvalue weighted by Crippen LogP contribution is 2.21. The average molecular weight is 417 g/mol. The lowest BCUT2D eigenvalue weighted by atomic mass is 10.0. The summed E-state index contributed by atoms with van der Waals surface area (Å²) in [5.41, 5.74) is 2.08. The van der Waals surface area contributed by atoms with Crippen LogP contribution < -0.4 is 4.74 Å². The average Bonchev–Trinajstić information content (AvgIpc) is 2.73. The Kier molecular flexibility index (Phi) is 6.59. The standard InChI is InChI=1S/C22H28N2O4S/c1-17(2)19-8-10-20(11-9-19)29(26,27)24-14-12-23(13-15-24)22(25)16-28-21-7-5-4-6-18(21)3/h4-11,17H,12-16H2,1-3H3. The first-order valence-electron chi connectivity index (χ1n) is 9.85. The largest absolute Gasteiger partial charge is 0.484 e. The zero-order valence-electron chi connectivity index (χ0n) is 17.2. The molecule has 6 nitrogen and oxygen atoms in total. The molecular formula is C22H28N2O4S. The monoisotopic (exact) mass is 416 g/mol. The highest BCUT2D eigenvalue weighted by atomic mass is 32.2. The second kappa shape index (κ2) is 8.97. The van der Waals surface area contributed by atoms with Crippen LogP contribution in [0.25, 0.3) is 0 Å². The molecule has 29 heavy (non-hydrogen) atoms. The number of rotatable bonds is 6. The highest BCUT2D eigenvalue weighted by molar-refractivity contribution is 7.89. The molecule has 0 aliphatic carbocycles. The summed E-state index contributed by atoms with van der Waals surface area (Å²) in [6, 6.07) is 14.6. The quantitative estimate of drug-likeness (QED) is 0.726. The number of piperazine rings is 1. The van der Waals surface area contributed by atoms with E-state index in [1.807, 2.05) is 43.3 Å². The van der Waals surface area contributed by atoms with Crippen molar-refractivity contribution in [3.05, 3.63) is 59.7 Å². The minimum atomic E-state index is -3.55. The van der Waals surface area contributed by atoms with Crippen LogP contribution in [-0.2, 0) is 14.8 Å². The number of sulfonamides is 1. The van der Waals surface area contributed by atoms with Crippen molar-refractivity contribution in [1.82, 2.24) is 9.21 Å². The van der Waals surface area contributed by atoms with E-state index in [0.29, 0.717) is 29.7 Å². The van der Waals surface area contributed by atoms with E-state index in [-0.39, 0.29) is 25.6 Å². The van der Waals surface area contributed by atoms with Gasteiger partial charge in [0.2, 0.25) is 10.0 Å². The van der Waals surface area contributed by atoms with E-state index < -0.39 is 10.0 Å². The fourth-order valence-corrected chi connectivity index (χ4v) is 4.72. The van der Waals surface area contributed by atoms with E-state index in [0.717, 1.165) is 11.1 Å². The molecule has 1 aliphatic heterocycles. The lowest BCUT2D eigenvalue weighted by molar-refractivity contribution is -0.134. The van der Waals surface area contributed by atoms with Crippen LogP contribution in [0.4, 0.5) is 0 Å². The van der Waals surface area contributed by atoms with Crippen LogP contribution in [0.2, 0.25) is 0 Å². The fourth-order valence-electron chi connectivity index (χ4n) is 3.30. The molecule has 2 aromatic carbocycles. The SMILES string of the molecule is Cc1ccccc1OCC(=O)N1CCN(S(=O)(=O)c2ccc(C(C)C)cc2)CC1. The number of nitrogens with zero attached hydrogens (tertiary/aromatic N) is 2. The minimum absolute atomic E-state index is 0.0474. The molecule has 0 aromatic heterocycles. The maximum atomic E-state index is 12.9. The lowest BCUT2D eigenvalue weighted by Gasteiger charge is -2.34. The van der Waals surface area contributed by atoms with E-state index in [1.54, 1.807) is 17.0 Å². The Balaban J connectivity index is 1.56.